The molecular formula is C21H27NO5. The SMILES string of the molecule is CC(C)C(=O)OCOc1ccc2c3c1OC1CC(O)C=CC31CCN(C)C2. The zero-order chi connectivity index (χ0) is 19.2. The van der Waals surface area contributed by atoms with Crippen LogP contribution in [0.4, 0.5) is 0 Å². The number of aliphatic hydroxyl groups excluding tert-OH is 1. The first kappa shape index (κ1) is 18.3. The molecule has 27 heavy (non-hydrogen) atoms. The van der Waals surface area contributed by atoms with Gasteiger partial charge in [-0.25, -0.2) is 0 Å². The third-order valence-corrected chi connectivity index (χ3v) is 5.81. The number of nitrogens with zero attached hydrogens (tertiary/aromatic N) is 1. The van der Waals surface area contributed by atoms with E-state index in [1.165, 1.54) is 5.56 Å². The second-order valence-corrected chi connectivity index (χ2v) is 8.10. The number of aliphatic hydroxyl groups is 1. The van der Waals surface area contributed by atoms with E-state index in [9.17, 15) is 9.90 Å². The minimum Gasteiger partial charge on any atom is -0.485 e. The van der Waals surface area contributed by atoms with E-state index in [0.29, 0.717) is 12.2 Å². The average molecular weight is 373 g/mol. The lowest BCUT2D eigenvalue weighted by molar-refractivity contribution is -0.154. The topological polar surface area (TPSA) is 68.2 Å². The van der Waals surface area contributed by atoms with Gasteiger partial charge in [-0.1, -0.05) is 32.1 Å². The molecule has 2 aliphatic heterocycles. The van der Waals surface area contributed by atoms with E-state index >= 15 is 0 Å². The Morgan fingerprint density at radius 1 is 1.44 bits per heavy atom. The Balaban J connectivity index is 1.68. The molecule has 0 fully saturated rings. The fourth-order valence-electron chi connectivity index (χ4n) is 4.35. The summed E-state index contributed by atoms with van der Waals surface area (Å²) in [7, 11) is 2.12. The molecule has 1 aromatic carbocycles. The maximum atomic E-state index is 11.7. The van der Waals surface area contributed by atoms with E-state index in [1.54, 1.807) is 13.8 Å². The number of carbonyl (C=O) groups is 1. The van der Waals surface area contributed by atoms with E-state index in [2.05, 4.69) is 24.1 Å². The molecular weight excluding hydrogens is 346 g/mol. The normalized spacial score (nSPS) is 28.9. The van der Waals surface area contributed by atoms with Crippen molar-refractivity contribution >= 4 is 5.97 Å². The Morgan fingerprint density at radius 2 is 2.26 bits per heavy atom. The highest BCUT2D eigenvalue weighted by Crippen LogP contribution is 2.55. The van der Waals surface area contributed by atoms with Crippen LogP contribution in [0, 0.1) is 5.92 Å². The van der Waals surface area contributed by atoms with Gasteiger partial charge in [0.1, 0.15) is 6.10 Å². The zero-order valence-electron chi connectivity index (χ0n) is 16.1. The highest BCUT2D eigenvalue weighted by Gasteiger charge is 2.52. The van der Waals surface area contributed by atoms with Gasteiger partial charge in [-0.2, -0.15) is 0 Å². The van der Waals surface area contributed by atoms with Gasteiger partial charge in [0.25, 0.3) is 0 Å². The quantitative estimate of drug-likeness (QED) is 0.497. The van der Waals surface area contributed by atoms with Crippen molar-refractivity contribution in [2.24, 2.45) is 5.92 Å². The number of benzene rings is 1. The van der Waals surface area contributed by atoms with Crippen LogP contribution in [0.3, 0.4) is 0 Å². The zero-order valence-corrected chi connectivity index (χ0v) is 16.1. The lowest BCUT2D eigenvalue weighted by Gasteiger charge is -2.35. The second-order valence-electron chi connectivity index (χ2n) is 8.10. The lowest BCUT2D eigenvalue weighted by Crippen LogP contribution is -2.42. The van der Waals surface area contributed by atoms with Gasteiger partial charge in [0, 0.05) is 18.5 Å². The van der Waals surface area contributed by atoms with Crippen molar-refractivity contribution in [3.8, 4) is 11.5 Å². The van der Waals surface area contributed by atoms with E-state index in [1.807, 2.05) is 12.1 Å². The third-order valence-electron chi connectivity index (χ3n) is 5.81. The predicted molar refractivity (Wildman–Crippen MR) is 99.7 cm³/mol. The maximum absolute atomic E-state index is 11.7. The predicted octanol–water partition coefficient (Wildman–Crippen LogP) is 2.38. The molecule has 1 spiro atoms. The smallest absolute Gasteiger partial charge is 0.311 e. The van der Waals surface area contributed by atoms with Crippen LogP contribution in [0.1, 0.15) is 37.8 Å². The summed E-state index contributed by atoms with van der Waals surface area (Å²) in [6.45, 7) is 5.24. The highest BCUT2D eigenvalue weighted by atomic mass is 16.7. The van der Waals surface area contributed by atoms with Crippen LogP contribution in [0.15, 0.2) is 24.3 Å². The van der Waals surface area contributed by atoms with Crippen molar-refractivity contribution in [2.45, 2.75) is 50.9 Å². The number of carbonyl (C=O) groups excluding carboxylic acids is 1. The van der Waals surface area contributed by atoms with Crippen LogP contribution < -0.4 is 9.47 Å². The molecule has 3 atom stereocenters. The Kier molecular flexibility index (Phi) is 4.64. The molecule has 2 heterocycles. The van der Waals surface area contributed by atoms with Crippen molar-refractivity contribution in [1.29, 1.82) is 0 Å². The summed E-state index contributed by atoms with van der Waals surface area (Å²) in [5.74, 6) is 0.832. The summed E-state index contributed by atoms with van der Waals surface area (Å²) in [4.78, 5) is 14.0. The van der Waals surface area contributed by atoms with Gasteiger partial charge in [-0.05, 0) is 31.6 Å². The van der Waals surface area contributed by atoms with Crippen LogP contribution in [-0.4, -0.2) is 48.6 Å². The first-order valence-corrected chi connectivity index (χ1v) is 9.59. The highest BCUT2D eigenvalue weighted by molar-refractivity contribution is 5.71. The molecule has 0 saturated heterocycles. The number of rotatable bonds is 4. The standard InChI is InChI=1S/C21H27NO5/c1-13(2)20(24)26-12-25-16-5-4-14-11-22(3)9-8-21-7-6-15(23)10-17(21)27-19(16)18(14)21/h4-7,13,15,17,23H,8-12H2,1-3H3. The van der Waals surface area contributed by atoms with Crippen LogP contribution in [0.2, 0.25) is 0 Å². The van der Waals surface area contributed by atoms with E-state index in [0.717, 1.165) is 30.8 Å². The van der Waals surface area contributed by atoms with Crippen molar-refractivity contribution in [3.63, 3.8) is 0 Å². The molecule has 0 radical (unpaired) electrons. The molecule has 6 heteroatoms. The molecule has 4 rings (SSSR count). The second kappa shape index (κ2) is 6.84. The van der Waals surface area contributed by atoms with Crippen LogP contribution in [0.5, 0.6) is 11.5 Å². The molecule has 0 bridgehead atoms. The molecule has 3 unspecified atom stereocenters. The number of esters is 1. The van der Waals surface area contributed by atoms with Crippen LogP contribution >= 0.6 is 0 Å². The fourth-order valence-corrected chi connectivity index (χ4v) is 4.35. The Morgan fingerprint density at radius 3 is 3.04 bits per heavy atom. The van der Waals surface area contributed by atoms with Gasteiger partial charge in [0.15, 0.2) is 11.5 Å². The van der Waals surface area contributed by atoms with Gasteiger partial charge in [-0.15, -0.1) is 0 Å². The van der Waals surface area contributed by atoms with Crippen molar-refractivity contribution in [3.05, 3.63) is 35.4 Å². The van der Waals surface area contributed by atoms with Gasteiger partial charge in [0.05, 0.1) is 17.4 Å². The summed E-state index contributed by atoms with van der Waals surface area (Å²) in [5.41, 5.74) is 2.15. The summed E-state index contributed by atoms with van der Waals surface area (Å²) >= 11 is 0. The van der Waals surface area contributed by atoms with E-state index < -0.39 is 6.10 Å². The Bertz CT molecular complexity index is 774. The summed E-state index contributed by atoms with van der Waals surface area (Å²) < 4.78 is 17.3. The van der Waals surface area contributed by atoms with Gasteiger partial charge >= 0.3 is 5.97 Å². The van der Waals surface area contributed by atoms with Crippen LogP contribution in [-0.2, 0) is 21.5 Å². The molecule has 146 valence electrons. The molecule has 6 nitrogen and oxygen atoms in total. The average Bonchev–Trinajstić information content (AvgIpc) is 2.88. The minimum atomic E-state index is -0.490. The summed E-state index contributed by atoms with van der Waals surface area (Å²) in [5, 5.41) is 10.1. The number of hydrogen-bond acceptors (Lipinski definition) is 6. The largest absolute Gasteiger partial charge is 0.485 e. The van der Waals surface area contributed by atoms with E-state index in [-0.39, 0.29) is 30.2 Å². The third kappa shape index (κ3) is 3.11. The molecule has 0 saturated carbocycles. The molecule has 1 aliphatic carbocycles. The van der Waals surface area contributed by atoms with Crippen molar-refractivity contribution in [2.75, 3.05) is 20.4 Å². The van der Waals surface area contributed by atoms with Gasteiger partial charge in [0.2, 0.25) is 6.79 Å². The summed E-state index contributed by atoms with van der Waals surface area (Å²) in [6.07, 6.45) is 4.92. The molecule has 0 aromatic heterocycles. The maximum Gasteiger partial charge on any atom is 0.311 e. The monoisotopic (exact) mass is 373 g/mol. The Hall–Kier alpha value is -2.05. The summed E-state index contributed by atoms with van der Waals surface area (Å²) in [6, 6.07) is 3.97. The molecule has 1 N–H and O–H groups in total. The molecule has 3 aliphatic rings. The van der Waals surface area contributed by atoms with Crippen molar-refractivity contribution in [1.82, 2.24) is 4.90 Å². The van der Waals surface area contributed by atoms with Crippen molar-refractivity contribution < 1.29 is 24.1 Å². The molecule has 1 aromatic rings. The van der Waals surface area contributed by atoms with E-state index in [4.69, 9.17) is 14.2 Å². The lowest BCUT2D eigenvalue weighted by atomic mass is 9.69. The number of ether oxygens (including phenoxy) is 3. The van der Waals surface area contributed by atoms with Crippen LogP contribution in [0.25, 0.3) is 0 Å². The first-order valence-electron chi connectivity index (χ1n) is 9.59. The minimum absolute atomic E-state index is 0.110. The first-order chi connectivity index (χ1) is 12.9. The molecule has 0 amide bonds. The van der Waals surface area contributed by atoms with Gasteiger partial charge < -0.3 is 24.2 Å². The Labute approximate surface area is 159 Å². The number of hydrogen-bond donors (Lipinski definition) is 1. The fraction of sp³-hybridized carbons (Fsp3) is 0.571. The van der Waals surface area contributed by atoms with Gasteiger partial charge in [-0.3, -0.25) is 4.79 Å².